The van der Waals surface area contributed by atoms with E-state index in [1.165, 1.54) is 31.6 Å². The Morgan fingerprint density at radius 2 is 1.57 bits per heavy atom. The molecule has 0 aliphatic carbocycles. The summed E-state index contributed by atoms with van der Waals surface area (Å²) in [5, 5.41) is 3.17. The molecule has 1 aromatic heterocycles. The highest BCUT2D eigenvalue weighted by Gasteiger charge is 2.09. The summed E-state index contributed by atoms with van der Waals surface area (Å²) in [6.07, 6.45) is 2.52. The van der Waals surface area contributed by atoms with E-state index in [0.717, 1.165) is 30.6 Å². The van der Waals surface area contributed by atoms with Crippen LogP contribution >= 0.6 is 0 Å². The van der Waals surface area contributed by atoms with Crippen molar-refractivity contribution in [3.63, 3.8) is 0 Å². The molecule has 0 saturated carbocycles. The molecule has 0 aliphatic heterocycles. The van der Waals surface area contributed by atoms with Crippen molar-refractivity contribution in [3.8, 4) is 0 Å². The molecule has 0 spiro atoms. The number of nitrogens with one attached hydrogen (secondary N) is 1. The van der Waals surface area contributed by atoms with Crippen molar-refractivity contribution < 1.29 is 0 Å². The van der Waals surface area contributed by atoms with Crippen LogP contribution in [0.5, 0.6) is 0 Å². The Kier molecular flexibility index (Phi) is 8.55. The third-order valence-corrected chi connectivity index (χ3v) is 3.65. The predicted octanol–water partition coefficient (Wildman–Crippen LogP) is 3.70. The van der Waals surface area contributed by atoms with Crippen LogP contribution in [0.2, 0.25) is 0 Å². The molecule has 0 aliphatic rings. The zero-order valence-electron chi connectivity index (χ0n) is 14.5. The molecule has 0 amide bonds. The summed E-state index contributed by atoms with van der Waals surface area (Å²) < 4.78 is 0. The van der Waals surface area contributed by atoms with Crippen LogP contribution in [0.4, 0.5) is 0 Å². The molecule has 1 aromatic rings. The smallest absolute Gasteiger partial charge is 0.0547 e. The molecule has 21 heavy (non-hydrogen) atoms. The largest absolute Gasteiger partial charge is 0.314 e. The van der Waals surface area contributed by atoms with Gasteiger partial charge in [-0.1, -0.05) is 33.8 Å². The summed E-state index contributed by atoms with van der Waals surface area (Å²) >= 11 is 0. The van der Waals surface area contributed by atoms with E-state index < -0.39 is 0 Å². The maximum atomic E-state index is 4.75. The topological polar surface area (TPSA) is 28.2 Å². The molecule has 3 heteroatoms. The molecule has 0 unspecified atom stereocenters. The fourth-order valence-electron chi connectivity index (χ4n) is 2.28. The Hall–Kier alpha value is -0.930. The molecule has 3 nitrogen and oxygen atoms in total. The molecule has 0 radical (unpaired) electrons. The quantitative estimate of drug-likeness (QED) is 0.712. The van der Waals surface area contributed by atoms with Crippen LogP contribution in [0.3, 0.4) is 0 Å². The normalized spacial score (nSPS) is 11.8. The average Bonchev–Trinajstić information content (AvgIpc) is 2.42. The number of hydrogen-bond acceptors (Lipinski definition) is 3. The van der Waals surface area contributed by atoms with Gasteiger partial charge in [-0.25, -0.2) is 0 Å². The number of pyridine rings is 1. The first-order valence-electron chi connectivity index (χ1n) is 8.33. The fourth-order valence-corrected chi connectivity index (χ4v) is 2.28. The van der Waals surface area contributed by atoms with Crippen LogP contribution in [0.1, 0.15) is 51.9 Å². The van der Waals surface area contributed by atoms with Crippen LogP contribution in [0, 0.1) is 11.8 Å². The number of hydrogen-bond donors (Lipinski definition) is 1. The van der Waals surface area contributed by atoms with Crippen molar-refractivity contribution >= 4 is 0 Å². The van der Waals surface area contributed by atoms with E-state index in [1.807, 2.05) is 7.05 Å². The van der Waals surface area contributed by atoms with Gasteiger partial charge in [0.1, 0.15) is 0 Å². The molecule has 0 fully saturated rings. The summed E-state index contributed by atoms with van der Waals surface area (Å²) in [4.78, 5) is 7.31. The van der Waals surface area contributed by atoms with Crippen molar-refractivity contribution in [2.75, 3.05) is 20.1 Å². The van der Waals surface area contributed by atoms with Gasteiger partial charge in [0.15, 0.2) is 0 Å². The van der Waals surface area contributed by atoms with Crippen molar-refractivity contribution in [1.82, 2.24) is 15.2 Å². The third-order valence-electron chi connectivity index (χ3n) is 3.65. The van der Waals surface area contributed by atoms with E-state index in [1.54, 1.807) is 0 Å². The highest BCUT2D eigenvalue weighted by Crippen LogP contribution is 2.10. The van der Waals surface area contributed by atoms with E-state index in [2.05, 4.69) is 56.1 Å². The maximum Gasteiger partial charge on any atom is 0.0547 e. The molecule has 1 N–H and O–H groups in total. The van der Waals surface area contributed by atoms with Gasteiger partial charge in [0.05, 0.1) is 11.4 Å². The minimum Gasteiger partial charge on any atom is -0.314 e. The first-order valence-corrected chi connectivity index (χ1v) is 8.33. The van der Waals surface area contributed by atoms with Crippen molar-refractivity contribution in [3.05, 3.63) is 29.6 Å². The third kappa shape index (κ3) is 8.18. The summed E-state index contributed by atoms with van der Waals surface area (Å²) in [5.41, 5.74) is 2.32. The van der Waals surface area contributed by atoms with Gasteiger partial charge in [0, 0.05) is 13.1 Å². The molecule has 1 rings (SSSR count). The number of nitrogens with zero attached hydrogens (tertiary/aromatic N) is 2. The summed E-state index contributed by atoms with van der Waals surface area (Å²) in [7, 11) is 1.96. The second-order valence-corrected chi connectivity index (χ2v) is 6.79. The van der Waals surface area contributed by atoms with Crippen molar-refractivity contribution in [2.45, 2.75) is 53.6 Å². The van der Waals surface area contributed by atoms with Crippen LogP contribution < -0.4 is 5.32 Å². The summed E-state index contributed by atoms with van der Waals surface area (Å²) in [6, 6.07) is 6.36. The second kappa shape index (κ2) is 9.91. The molecule has 0 saturated heterocycles. The molecular weight excluding hydrogens is 258 g/mol. The fraction of sp³-hybridized carbons (Fsp3) is 0.722. The van der Waals surface area contributed by atoms with E-state index >= 15 is 0 Å². The molecule has 0 atom stereocenters. The number of aromatic nitrogens is 1. The molecule has 0 bridgehead atoms. The zero-order valence-corrected chi connectivity index (χ0v) is 14.5. The lowest BCUT2D eigenvalue weighted by atomic mass is 10.1. The highest BCUT2D eigenvalue weighted by molar-refractivity contribution is 5.11. The van der Waals surface area contributed by atoms with Crippen LogP contribution in [0.25, 0.3) is 0 Å². The number of rotatable bonds is 10. The monoisotopic (exact) mass is 291 g/mol. The van der Waals surface area contributed by atoms with Gasteiger partial charge < -0.3 is 5.32 Å². The lowest BCUT2D eigenvalue weighted by Gasteiger charge is -2.24. The van der Waals surface area contributed by atoms with E-state index in [0.29, 0.717) is 0 Å². The van der Waals surface area contributed by atoms with Gasteiger partial charge in [0.2, 0.25) is 0 Å². The van der Waals surface area contributed by atoms with E-state index in [-0.39, 0.29) is 0 Å². The van der Waals surface area contributed by atoms with Gasteiger partial charge in [-0.15, -0.1) is 0 Å². The zero-order chi connectivity index (χ0) is 15.7. The first-order chi connectivity index (χ1) is 10.0. The van der Waals surface area contributed by atoms with Crippen molar-refractivity contribution in [1.29, 1.82) is 0 Å². The van der Waals surface area contributed by atoms with Gasteiger partial charge in [0.25, 0.3) is 0 Å². The van der Waals surface area contributed by atoms with E-state index in [4.69, 9.17) is 4.98 Å². The van der Waals surface area contributed by atoms with Crippen LogP contribution in [-0.4, -0.2) is 30.0 Å². The molecule has 0 aromatic carbocycles. The molecule has 1 heterocycles. The predicted molar refractivity (Wildman–Crippen MR) is 91.2 cm³/mol. The lowest BCUT2D eigenvalue weighted by molar-refractivity contribution is 0.233. The Morgan fingerprint density at radius 3 is 2.10 bits per heavy atom. The maximum absolute atomic E-state index is 4.75. The van der Waals surface area contributed by atoms with Crippen LogP contribution in [-0.2, 0) is 13.1 Å². The second-order valence-electron chi connectivity index (χ2n) is 6.79. The van der Waals surface area contributed by atoms with E-state index in [9.17, 15) is 0 Å². The van der Waals surface area contributed by atoms with Crippen LogP contribution in [0.15, 0.2) is 18.2 Å². The standard InChI is InChI=1S/C18H33N3/c1-15(2)9-11-21(12-10-16(3)4)14-18-8-6-7-17(20-18)13-19-5/h6-8,15-16,19H,9-14H2,1-5H3. The summed E-state index contributed by atoms with van der Waals surface area (Å²) in [6.45, 7) is 13.3. The average molecular weight is 291 g/mol. The van der Waals surface area contributed by atoms with Gasteiger partial charge in [-0.2, -0.15) is 0 Å². The molecular formula is C18H33N3. The minimum atomic E-state index is 0.759. The Balaban J connectivity index is 2.62. The van der Waals surface area contributed by atoms with Gasteiger partial charge >= 0.3 is 0 Å². The Labute approximate surface area is 131 Å². The molecule has 120 valence electrons. The lowest BCUT2D eigenvalue weighted by Crippen LogP contribution is -2.28. The van der Waals surface area contributed by atoms with Crippen molar-refractivity contribution in [2.24, 2.45) is 11.8 Å². The minimum absolute atomic E-state index is 0.759. The Bertz CT molecular complexity index is 376. The van der Waals surface area contributed by atoms with Gasteiger partial charge in [-0.05, 0) is 56.9 Å². The first kappa shape index (κ1) is 18.1. The SMILES string of the molecule is CNCc1cccc(CN(CCC(C)C)CCC(C)C)n1. The summed E-state index contributed by atoms with van der Waals surface area (Å²) in [5.74, 6) is 1.52. The Morgan fingerprint density at radius 1 is 1.00 bits per heavy atom. The van der Waals surface area contributed by atoms with Gasteiger partial charge in [-0.3, -0.25) is 9.88 Å². The highest BCUT2D eigenvalue weighted by atomic mass is 15.1.